The van der Waals surface area contributed by atoms with Gasteiger partial charge in [0.2, 0.25) is 0 Å². The van der Waals surface area contributed by atoms with Gasteiger partial charge in [0.05, 0.1) is 0 Å². The number of carbonyl (C=O) groups excluding carboxylic acids is 1. The molecule has 3 nitrogen and oxygen atoms in total. The minimum absolute atomic E-state index is 0.113. The quantitative estimate of drug-likeness (QED) is 0.606. The number of ether oxygens (including phenoxy) is 1. The summed E-state index contributed by atoms with van der Waals surface area (Å²) in [5.41, 5.74) is 5.54. The van der Waals surface area contributed by atoms with Gasteiger partial charge >= 0.3 is 0 Å². The summed E-state index contributed by atoms with van der Waals surface area (Å²) < 4.78 is 4.67. The molecule has 10 heavy (non-hydrogen) atoms. The van der Waals surface area contributed by atoms with Crippen molar-refractivity contribution in [2.45, 2.75) is 24.8 Å². The molecule has 1 fully saturated rings. The van der Waals surface area contributed by atoms with E-state index in [2.05, 4.69) is 4.74 Å². The van der Waals surface area contributed by atoms with Crippen molar-refractivity contribution in [3.05, 3.63) is 0 Å². The molecule has 0 spiro atoms. The Morgan fingerprint density at radius 2 is 2.30 bits per heavy atom. The van der Waals surface area contributed by atoms with E-state index in [9.17, 15) is 4.79 Å². The Balaban J connectivity index is 2.18. The summed E-state index contributed by atoms with van der Waals surface area (Å²) in [6.45, 7) is 0.207. The number of carbonyl (C=O) groups is 1. The molecule has 0 amide bonds. The third kappa shape index (κ3) is 2.08. The average molecular weight is 143 g/mol. The Morgan fingerprint density at radius 1 is 1.70 bits per heavy atom. The lowest BCUT2D eigenvalue weighted by molar-refractivity contribution is -0.123. The van der Waals surface area contributed by atoms with Crippen molar-refractivity contribution in [2.24, 2.45) is 5.73 Å². The second-order valence-electron chi connectivity index (χ2n) is 3.01. The lowest BCUT2D eigenvalue weighted by atomic mass is 10.1. The molecule has 0 bridgehead atoms. The standard InChI is InChI=1S/C7H13NO2/c1-10-5-6(9)4-7(8)2-3-7/h2-5,8H2,1H3. The molecule has 0 atom stereocenters. The molecular weight excluding hydrogens is 130 g/mol. The largest absolute Gasteiger partial charge is 0.377 e. The Morgan fingerprint density at radius 3 is 2.70 bits per heavy atom. The van der Waals surface area contributed by atoms with E-state index in [0.717, 1.165) is 12.8 Å². The monoisotopic (exact) mass is 143 g/mol. The zero-order chi connectivity index (χ0) is 7.61. The van der Waals surface area contributed by atoms with Crippen molar-refractivity contribution in [1.82, 2.24) is 0 Å². The van der Waals surface area contributed by atoms with Crippen LogP contribution in [0.15, 0.2) is 0 Å². The van der Waals surface area contributed by atoms with E-state index in [0.29, 0.717) is 6.42 Å². The summed E-state index contributed by atoms with van der Waals surface area (Å²) in [6, 6.07) is 0. The van der Waals surface area contributed by atoms with Crippen LogP contribution >= 0.6 is 0 Å². The fourth-order valence-electron chi connectivity index (χ4n) is 0.942. The Hall–Kier alpha value is -0.410. The van der Waals surface area contributed by atoms with E-state index in [1.165, 1.54) is 7.11 Å². The van der Waals surface area contributed by atoms with E-state index in [1.807, 2.05) is 0 Å². The lowest BCUT2D eigenvalue weighted by Crippen LogP contribution is -2.27. The van der Waals surface area contributed by atoms with Gasteiger partial charge in [0.25, 0.3) is 0 Å². The van der Waals surface area contributed by atoms with Crippen LogP contribution < -0.4 is 5.73 Å². The van der Waals surface area contributed by atoms with Gasteiger partial charge in [-0.25, -0.2) is 0 Å². The zero-order valence-corrected chi connectivity index (χ0v) is 6.22. The number of methoxy groups -OCH3 is 1. The first-order valence-corrected chi connectivity index (χ1v) is 3.46. The van der Waals surface area contributed by atoms with Crippen LogP contribution in [0.5, 0.6) is 0 Å². The number of hydrogen-bond acceptors (Lipinski definition) is 3. The van der Waals surface area contributed by atoms with Crippen LogP contribution in [-0.2, 0) is 9.53 Å². The summed E-state index contributed by atoms with van der Waals surface area (Å²) in [7, 11) is 1.52. The molecule has 0 aromatic heterocycles. The Labute approximate surface area is 60.5 Å². The van der Waals surface area contributed by atoms with Gasteiger partial charge in [-0.3, -0.25) is 4.79 Å². The van der Waals surface area contributed by atoms with Crippen LogP contribution in [0.1, 0.15) is 19.3 Å². The highest BCUT2D eigenvalue weighted by molar-refractivity contribution is 5.81. The first-order valence-electron chi connectivity index (χ1n) is 3.46. The van der Waals surface area contributed by atoms with Crippen LogP contribution in [0, 0.1) is 0 Å². The van der Waals surface area contributed by atoms with Crippen molar-refractivity contribution in [2.75, 3.05) is 13.7 Å². The highest BCUT2D eigenvalue weighted by Gasteiger charge is 2.39. The summed E-state index contributed by atoms with van der Waals surface area (Å²) in [4.78, 5) is 10.9. The molecule has 1 aliphatic rings. The summed E-state index contributed by atoms with van der Waals surface area (Å²) >= 11 is 0. The molecule has 0 aromatic rings. The molecule has 0 heterocycles. The Bertz CT molecular complexity index is 141. The van der Waals surface area contributed by atoms with Gasteiger partial charge in [0.1, 0.15) is 6.61 Å². The van der Waals surface area contributed by atoms with Gasteiger partial charge in [0.15, 0.2) is 5.78 Å². The van der Waals surface area contributed by atoms with Crippen molar-refractivity contribution >= 4 is 5.78 Å². The van der Waals surface area contributed by atoms with Crippen molar-refractivity contribution in [3.63, 3.8) is 0 Å². The van der Waals surface area contributed by atoms with Crippen LogP contribution in [0.25, 0.3) is 0 Å². The maximum atomic E-state index is 10.9. The molecule has 0 aliphatic heterocycles. The van der Waals surface area contributed by atoms with Crippen LogP contribution in [-0.4, -0.2) is 25.0 Å². The average Bonchev–Trinajstić information content (AvgIpc) is 2.48. The first-order chi connectivity index (χ1) is 4.66. The number of hydrogen-bond donors (Lipinski definition) is 1. The molecule has 3 heteroatoms. The molecular formula is C7H13NO2. The van der Waals surface area contributed by atoms with Gasteiger partial charge in [-0.05, 0) is 12.8 Å². The number of rotatable bonds is 4. The molecule has 2 N–H and O–H groups in total. The molecule has 58 valence electrons. The lowest BCUT2D eigenvalue weighted by Gasteiger charge is -2.05. The molecule has 0 aromatic carbocycles. The summed E-state index contributed by atoms with van der Waals surface area (Å²) in [5, 5.41) is 0. The molecule has 0 radical (unpaired) electrons. The third-order valence-electron chi connectivity index (χ3n) is 1.75. The number of nitrogens with two attached hydrogens (primary N) is 1. The topological polar surface area (TPSA) is 52.3 Å². The van der Waals surface area contributed by atoms with Crippen LogP contribution in [0.3, 0.4) is 0 Å². The molecule has 0 saturated heterocycles. The molecule has 1 aliphatic carbocycles. The first kappa shape index (κ1) is 7.69. The summed E-state index contributed by atoms with van der Waals surface area (Å²) in [5.74, 6) is 0.113. The van der Waals surface area contributed by atoms with E-state index in [4.69, 9.17) is 5.73 Å². The van der Waals surface area contributed by atoms with Gasteiger partial charge in [-0.15, -0.1) is 0 Å². The number of ketones is 1. The van der Waals surface area contributed by atoms with Crippen molar-refractivity contribution in [1.29, 1.82) is 0 Å². The SMILES string of the molecule is COCC(=O)CC1(N)CC1. The highest BCUT2D eigenvalue weighted by Crippen LogP contribution is 2.35. The zero-order valence-electron chi connectivity index (χ0n) is 6.22. The Kier molecular flexibility index (Phi) is 2.06. The second kappa shape index (κ2) is 2.68. The predicted octanol–water partition coefficient (Wildman–Crippen LogP) is 0.0833. The van der Waals surface area contributed by atoms with E-state index in [1.54, 1.807) is 0 Å². The fraction of sp³-hybridized carbons (Fsp3) is 0.857. The molecule has 1 rings (SSSR count). The number of Topliss-reactive ketones (excluding diaryl/α,β-unsaturated/α-hetero) is 1. The van der Waals surface area contributed by atoms with Crippen LogP contribution in [0.2, 0.25) is 0 Å². The normalized spacial score (nSPS) is 20.6. The third-order valence-corrected chi connectivity index (χ3v) is 1.75. The summed E-state index contributed by atoms with van der Waals surface area (Å²) in [6.07, 6.45) is 2.46. The second-order valence-corrected chi connectivity index (χ2v) is 3.01. The smallest absolute Gasteiger partial charge is 0.160 e. The van der Waals surface area contributed by atoms with Crippen molar-refractivity contribution < 1.29 is 9.53 Å². The minimum Gasteiger partial charge on any atom is -0.377 e. The minimum atomic E-state index is -0.157. The van der Waals surface area contributed by atoms with Crippen molar-refractivity contribution in [3.8, 4) is 0 Å². The fourth-order valence-corrected chi connectivity index (χ4v) is 0.942. The molecule has 1 saturated carbocycles. The predicted molar refractivity (Wildman–Crippen MR) is 37.7 cm³/mol. The van der Waals surface area contributed by atoms with Gasteiger partial charge in [0, 0.05) is 19.1 Å². The maximum absolute atomic E-state index is 10.9. The highest BCUT2D eigenvalue weighted by atomic mass is 16.5. The van der Waals surface area contributed by atoms with Crippen LogP contribution in [0.4, 0.5) is 0 Å². The van der Waals surface area contributed by atoms with Gasteiger partial charge in [-0.2, -0.15) is 0 Å². The molecule has 0 unspecified atom stereocenters. The van der Waals surface area contributed by atoms with E-state index >= 15 is 0 Å². The van der Waals surface area contributed by atoms with E-state index in [-0.39, 0.29) is 17.9 Å². The van der Waals surface area contributed by atoms with Gasteiger partial charge in [-0.1, -0.05) is 0 Å². The maximum Gasteiger partial charge on any atom is 0.160 e. The van der Waals surface area contributed by atoms with E-state index < -0.39 is 0 Å². The van der Waals surface area contributed by atoms with Gasteiger partial charge < -0.3 is 10.5 Å².